The number of fused-ring (bicyclic) bond motifs is 1. The molecule has 82 valence electrons. The Morgan fingerprint density at radius 2 is 2.13 bits per heavy atom. The third kappa shape index (κ3) is 1.61. The lowest BCUT2D eigenvalue weighted by Gasteiger charge is -2.22. The highest BCUT2D eigenvalue weighted by Crippen LogP contribution is 2.39. The summed E-state index contributed by atoms with van der Waals surface area (Å²) in [5.41, 5.74) is 9.17. The highest BCUT2D eigenvalue weighted by Gasteiger charge is 2.19. The summed E-state index contributed by atoms with van der Waals surface area (Å²) in [5.74, 6) is 1.36. The Labute approximate surface area is 89.4 Å². The van der Waals surface area contributed by atoms with E-state index in [4.69, 9.17) is 15.2 Å². The van der Waals surface area contributed by atoms with Crippen LogP contribution in [0.25, 0.3) is 0 Å². The molecule has 15 heavy (non-hydrogen) atoms. The van der Waals surface area contributed by atoms with Gasteiger partial charge in [0.1, 0.15) is 0 Å². The topological polar surface area (TPSA) is 56.5 Å². The largest absolute Gasteiger partial charge is 0.493 e. The van der Waals surface area contributed by atoms with Gasteiger partial charge in [0.2, 0.25) is 0 Å². The van der Waals surface area contributed by atoms with Crippen molar-refractivity contribution < 1.29 is 9.47 Å². The Hall–Kier alpha value is -1.42. The second-order valence-corrected chi connectivity index (χ2v) is 3.59. The molecule has 3 N–H and O–H groups in total. The van der Waals surface area contributed by atoms with Crippen LogP contribution in [0.15, 0.2) is 6.07 Å². The molecule has 1 aromatic carbocycles. The Balaban J connectivity index is 2.57. The van der Waals surface area contributed by atoms with Gasteiger partial charge in [-0.2, -0.15) is 0 Å². The van der Waals surface area contributed by atoms with Gasteiger partial charge in [-0.1, -0.05) is 0 Å². The van der Waals surface area contributed by atoms with E-state index in [1.807, 2.05) is 6.07 Å². The molecule has 0 saturated carbocycles. The molecule has 0 aromatic heterocycles. The van der Waals surface area contributed by atoms with Gasteiger partial charge in [-0.25, -0.2) is 0 Å². The number of hydrogen-bond donors (Lipinski definition) is 2. The molecule has 4 nitrogen and oxygen atoms in total. The summed E-state index contributed by atoms with van der Waals surface area (Å²) in [6.07, 6.45) is 0.946. The quantitative estimate of drug-likeness (QED) is 0.710. The maximum Gasteiger partial charge on any atom is 0.184 e. The number of nitrogens with one attached hydrogen (secondary N) is 1. The van der Waals surface area contributed by atoms with Gasteiger partial charge in [-0.05, 0) is 30.2 Å². The van der Waals surface area contributed by atoms with Gasteiger partial charge in [0.05, 0.1) is 19.9 Å². The number of benzene rings is 1. The van der Waals surface area contributed by atoms with E-state index >= 15 is 0 Å². The molecule has 1 heterocycles. The van der Waals surface area contributed by atoms with Crippen molar-refractivity contribution in [3.05, 3.63) is 17.2 Å². The van der Waals surface area contributed by atoms with Crippen molar-refractivity contribution in [3.63, 3.8) is 0 Å². The molecule has 0 atom stereocenters. The lowest BCUT2D eigenvalue weighted by atomic mass is 9.98. The van der Waals surface area contributed by atoms with Crippen molar-refractivity contribution >= 4 is 5.69 Å². The number of rotatable bonds is 2. The van der Waals surface area contributed by atoms with E-state index in [0.29, 0.717) is 17.2 Å². The SMILES string of the molecule is COc1cc2c(c(N)c1OC)CCNC2. The Bertz CT molecular complexity index is 363. The summed E-state index contributed by atoms with van der Waals surface area (Å²) >= 11 is 0. The molecule has 0 amide bonds. The second-order valence-electron chi connectivity index (χ2n) is 3.59. The molecule has 0 bridgehead atoms. The molecule has 0 fully saturated rings. The number of anilines is 1. The van der Waals surface area contributed by atoms with Crippen molar-refractivity contribution in [3.8, 4) is 11.5 Å². The fourth-order valence-corrected chi connectivity index (χ4v) is 2.01. The van der Waals surface area contributed by atoms with Crippen molar-refractivity contribution in [2.75, 3.05) is 26.5 Å². The number of ether oxygens (including phenoxy) is 2. The van der Waals surface area contributed by atoms with Crippen molar-refractivity contribution in [1.29, 1.82) is 0 Å². The van der Waals surface area contributed by atoms with Crippen LogP contribution in [0, 0.1) is 0 Å². The Morgan fingerprint density at radius 1 is 1.33 bits per heavy atom. The second kappa shape index (κ2) is 3.98. The molecule has 1 aliphatic heterocycles. The number of methoxy groups -OCH3 is 2. The van der Waals surface area contributed by atoms with Crippen LogP contribution in [0.4, 0.5) is 5.69 Å². The molecule has 1 aromatic rings. The maximum atomic E-state index is 6.06. The van der Waals surface area contributed by atoms with E-state index in [-0.39, 0.29) is 0 Å². The number of hydrogen-bond acceptors (Lipinski definition) is 4. The zero-order valence-corrected chi connectivity index (χ0v) is 9.09. The minimum Gasteiger partial charge on any atom is -0.493 e. The normalized spacial score (nSPS) is 14.5. The van der Waals surface area contributed by atoms with E-state index in [9.17, 15) is 0 Å². The van der Waals surface area contributed by atoms with Crippen molar-refractivity contribution in [2.45, 2.75) is 13.0 Å². The fraction of sp³-hybridized carbons (Fsp3) is 0.455. The lowest BCUT2D eigenvalue weighted by molar-refractivity contribution is 0.355. The zero-order valence-electron chi connectivity index (χ0n) is 9.09. The summed E-state index contributed by atoms with van der Waals surface area (Å²) in [4.78, 5) is 0. The molecular weight excluding hydrogens is 192 g/mol. The van der Waals surface area contributed by atoms with Crippen LogP contribution in [0.1, 0.15) is 11.1 Å². The maximum absolute atomic E-state index is 6.06. The average Bonchev–Trinajstić information content (AvgIpc) is 2.29. The zero-order chi connectivity index (χ0) is 10.8. The first kappa shape index (κ1) is 10.1. The number of nitrogens with two attached hydrogens (primary N) is 1. The first-order valence-electron chi connectivity index (χ1n) is 5.00. The van der Waals surface area contributed by atoms with Crippen LogP contribution < -0.4 is 20.5 Å². The first-order chi connectivity index (χ1) is 7.27. The molecule has 0 spiro atoms. The first-order valence-corrected chi connectivity index (χ1v) is 5.00. The Morgan fingerprint density at radius 3 is 2.80 bits per heavy atom. The molecule has 4 heteroatoms. The predicted molar refractivity (Wildman–Crippen MR) is 59.4 cm³/mol. The third-order valence-corrected chi connectivity index (χ3v) is 2.78. The fourth-order valence-electron chi connectivity index (χ4n) is 2.01. The van der Waals surface area contributed by atoms with Crippen LogP contribution in [0.3, 0.4) is 0 Å². The van der Waals surface area contributed by atoms with Gasteiger partial charge >= 0.3 is 0 Å². The summed E-state index contributed by atoms with van der Waals surface area (Å²) in [7, 11) is 3.24. The summed E-state index contributed by atoms with van der Waals surface area (Å²) < 4.78 is 10.5. The van der Waals surface area contributed by atoms with E-state index in [0.717, 1.165) is 19.5 Å². The molecule has 0 unspecified atom stereocenters. The molecular formula is C11H16N2O2. The van der Waals surface area contributed by atoms with Crippen LogP contribution in [0.5, 0.6) is 11.5 Å². The molecule has 1 aliphatic rings. The van der Waals surface area contributed by atoms with Gasteiger partial charge in [0.15, 0.2) is 11.5 Å². The minimum atomic E-state index is 0.651. The Kier molecular flexibility index (Phi) is 2.68. The van der Waals surface area contributed by atoms with Crippen LogP contribution >= 0.6 is 0 Å². The van der Waals surface area contributed by atoms with E-state index < -0.39 is 0 Å². The molecule has 0 radical (unpaired) electrons. The monoisotopic (exact) mass is 208 g/mol. The van der Waals surface area contributed by atoms with Crippen LogP contribution in [0.2, 0.25) is 0 Å². The number of nitrogen functional groups attached to an aromatic ring is 1. The van der Waals surface area contributed by atoms with Crippen LogP contribution in [-0.2, 0) is 13.0 Å². The van der Waals surface area contributed by atoms with Crippen molar-refractivity contribution in [2.24, 2.45) is 0 Å². The lowest BCUT2D eigenvalue weighted by Crippen LogP contribution is -2.24. The third-order valence-electron chi connectivity index (χ3n) is 2.78. The molecule has 0 aliphatic carbocycles. The standard InChI is InChI=1S/C11H16N2O2/c1-14-9-5-7-6-13-4-3-8(7)10(12)11(9)15-2/h5,13H,3-4,6,12H2,1-2H3. The predicted octanol–water partition coefficient (Wildman–Crippen LogP) is 0.932. The molecule has 2 rings (SSSR count). The minimum absolute atomic E-state index is 0.651. The average molecular weight is 208 g/mol. The summed E-state index contributed by atoms with van der Waals surface area (Å²) in [6, 6.07) is 2.00. The van der Waals surface area contributed by atoms with Gasteiger partial charge in [-0.3, -0.25) is 0 Å². The highest BCUT2D eigenvalue weighted by molar-refractivity contribution is 5.68. The van der Waals surface area contributed by atoms with E-state index in [1.165, 1.54) is 11.1 Å². The van der Waals surface area contributed by atoms with Crippen molar-refractivity contribution in [1.82, 2.24) is 5.32 Å². The highest BCUT2D eigenvalue weighted by atomic mass is 16.5. The van der Waals surface area contributed by atoms with Crippen LogP contribution in [-0.4, -0.2) is 20.8 Å². The molecule has 0 saturated heterocycles. The van der Waals surface area contributed by atoms with E-state index in [1.54, 1.807) is 14.2 Å². The summed E-state index contributed by atoms with van der Waals surface area (Å²) in [5, 5.41) is 3.31. The summed E-state index contributed by atoms with van der Waals surface area (Å²) in [6.45, 7) is 1.81. The van der Waals surface area contributed by atoms with Gasteiger partial charge in [0.25, 0.3) is 0 Å². The van der Waals surface area contributed by atoms with Gasteiger partial charge < -0.3 is 20.5 Å². The van der Waals surface area contributed by atoms with Gasteiger partial charge in [-0.15, -0.1) is 0 Å². The van der Waals surface area contributed by atoms with E-state index in [2.05, 4.69) is 5.32 Å². The smallest absolute Gasteiger partial charge is 0.184 e. The van der Waals surface area contributed by atoms with Gasteiger partial charge in [0, 0.05) is 6.54 Å².